The summed E-state index contributed by atoms with van der Waals surface area (Å²) in [7, 11) is 0. The number of hydrogen-bond acceptors (Lipinski definition) is 14. The molecule has 20 heteroatoms. The molecule has 0 spiro atoms. The van der Waals surface area contributed by atoms with Gasteiger partial charge in [-0.2, -0.15) is 14.6 Å². The Labute approximate surface area is 297 Å². The van der Waals surface area contributed by atoms with E-state index in [1.165, 1.54) is 17.8 Å². The van der Waals surface area contributed by atoms with Crippen LogP contribution in [0.4, 0.5) is 14.5 Å². The van der Waals surface area contributed by atoms with Crippen molar-refractivity contribution in [2.24, 2.45) is 0 Å². The quantitative estimate of drug-likeness (QED) is 0.107. The van der Waals surface area contributed by atoms with Crippen LogP contribution in [0.1, 0.15) is 63.0 Å². The molecule has 276 valence electrons. The summed E-state index contributed by atoms with van der Waals surface area (Å²) < 4.78 is 51.9. The molecule has 1 aliphatic carbocycles. The number of nitrogens with one attached hydrogen (secondary N) is 1. The molecule has 0 aliphatic heterocycles. The van der Waals surface area contributed by atoms with Gasteiger partial charge >= 0.3 is 23.9 Å². The third kappa shape index (κ3) is 9.18. The highest BCUT2D eigenvalue weighted by molar-refractivity contribution is 7.13. The number of aliphatic carboxylic acids is 1. The number of anilines is 1. The van der Waals surface area contributed by atoms with E-state index in [0.717, 1.165) is 67.7 Å². The molecule has 4 aromatic heterocycles. The Morgan fingerprint density at radius 2 is 1.71 bits per heavy atom. The van der Waals surface area contributed by atoms with Crippen LogP contribution in [0.3, 0.4) is 0 Å². The van der Waals surface area contributed by atoms with Gasteiger partial charge < -0.3 is 29.4 Å². The number of carboxylic acid groups (broad SMARTS) is 1. The number of aromatic nitrogens is 6. The highest BCUT2D eigenvalue weighted by Crippen LogP contribution is 2.35. The van der Waals surface area contributed by atoms with Crippen molar-refractivity contribution in [3.8, 4) is 22.0 Å². The molecular formula is C32H33F2N7O10S. The highest BCUT2D eigenvalue weighted by atomic mass is 32.1. The van der Waals surface area contributed by atoms with Crippen LogP contribution in [0.25, 0.3) is 22.0 Å². The summed E-state index contributed by atoms with van der Waals surface area (Å²) in [6, 6.07) is 1.74. The van der Waals surface area contributed by atoms with Crippen molar-refractivity contribution >= 4 is 46.8 Å². The number of thiazole rings is 1. The fourth-order valence-corrected chi connectivity index (χ4v) is 6.20. The van der Waals surface area contributed by atoms with Crippen molar-refractivity contribution in [2.75, 3.05) is 11.9 Å². The van der Waals surface area contributed by atoms with Gasteiger partial charge in [0.15, 0.2) is 12.5 Å². The number of pyridine rings is 1. The Balaban J connectivity index is 1.29. The van der Waals surface area contributed by atoms with Gasteiger partial charge in [-0.25, -0.2) is 28.6 Å². The predicted molar refractivity (Wildman–Crippen MR) is 174 cm³/mol. The van der Waals surface area contributed by atoms with Crippen LogP contribution in [-0.2, 0) is 44.9 Å². The SMILES string of the molecule is CCOC1CCC(n2cc(NC(=O)c3csc(-c4cnn(COC(=O)[C@H](OC(C)=O)[C@H](OC(C)=O)C(=O)O)c4)n3)c(-c3nc(F)ccc3F)n2)CC1. The molecule has 4 aromatic rings. The normalized spacial score (nSPS) is 16.8. The average Bonchev–Trinajstić information content (AvgIpc) is 3.87. The van der Waals surface area contributed by atoms with Gasteiger partial charge in [0.1, 0.15) is 22.1 Å². The van der Waals surface area contributed by atoms with Crippen LogP contribution in [0.2, 0.25) is 0 Å². The second-order valence-corrected chi connectivity index (χ2v) is 12.3. The van der Waals surface area contributed by atoms with Gasteiger partial charge in [-0.15, -0.1) is 11.3 Å². The Kier molecular flexibility index (Phi) is 12.0. The van der Waals surface area contributed by atoms with Gasteiger partial charge in [0.2, 0.25) is 18.2 Å². The third-order valence-corrected chi connectivity index (χ3v) is 8.62. The highest BCUT2D eigenvalue weighted by Gasteiger charge is 2.41. The van der Waals surface area contributed by atoms with Gasteiger partial charge in [0.25, 0.3) is 5.91 Å². The van der Waals surface area contributed by atoms with Crippen LogP contribution < -0.4 is 5.32 Å². The molecule has 0 radical (unpaired) electrons. The molecule has 5 rings (SSSR count). The summed E-state index contributed by atoms with van der Waals surface area (Å²) in [5.74, 6) is -7.53. The number of rotatable bonds is 14. The minimum Gasteiger partial charge on any atom is -0.478 e. The molecule has 0 bridgehead atoms. The lowest BCUT2D eigenvalue weighted by molar-refractivity contribution is -0.190. The standard InChI is InChI=1S/C32H33F2N7O10S/c1-4-48-20-7-5-19(6-8-20)41-13-22(26(39-41)25-21(33)9-10-24(34)38-25)36-29(44)23-14-52-30(37-23)18-11-35-40(12-18)15-49-32(47)28(51-17(3)43)27(31(45)46)50-16(2)42/h9-14,19-20,27-28H,4-8,15H2,1-3H3,(H,36,44)(H,45,46)/t19?,20?,27-,28+/m0/s1. The van der Waals surface area contributed by atoms with Gasteiger partial charge in [-0.1, -0.05) is 0 Å². The summed E-state index contributed by atoms with van der Waals surface area (Å²) >= 11 is 1.08. The smallest absolute Gasteiger partial charge is 0.353 e. The lowest BCUT2D eigenvalue weighted by atomic mass is 9.93. The number of ether oxygens (including phenoxy) is 4. The first-order chi connectivity index (χ1) is 24.8. The lowest BCUT2D eigenvalue weighted by Crippen LogP contribution is -2.46. The fourth-order valence-electron chi connectivity index (χ4n) is 5.43. The summed E-state index contributed by atoms with van der Waals surface area (Å²) in [6.45, 7) is 3.82. The fraction of sp³-hybridized carbons (Fsp3) is 0.406. The summed E-state index contributed by atoms with van der Waals surface area (Å²) in [5, 5.41) is 22.5. The number of nitrogens with zero attached hydrogens (tertiary/aromatic N) is 6. The molecule has 1 amide bonds. The van der Waals surface area contributed by atoms with Crippen molar-refractivity contribution < 1.29 is 56.8 Å². The summed E-state index contributed by atoms with van der Waals surface area (Å²) in [5.41, 5.74) is 0.0681. The van der Waals surface area contributed by atoms with Gasteiger partial charge in [0.05, 0.1) is 24.0 Å². The lowest BCUT2D eigenvalue weighted by Gasteiger charge is -2.28. The zero-order chi connectivity index (χ0) is 37.5. The van der Waals surface area contributed by atoms with Crippen LogP contribution in [0, 0.1) is 11.8 Å². The van der Waals surface area contributed by atoms with Crippen molar-refractivity contribution in [3.05, 3.63) is 53.6 Å². The molecular weight excluding hydrogens is 712 g/mol. The average molecular weight is 746 g/mol. The molecule has 2 atom stereocenters. The number of carbonyl (C=O) groups is 5. The van der Waals surface area contributed by atoms with E-state index < -0.39 is 60.5 Å². The van der Waals surface area contributed by atoms with Gasteiger partial charge in [-0.3, -0.25) is 19.1 Å². The number of esters is 3. The third-order valence-electron chi connectivity index (χ3n) is 7.73. The molecule has 1 aliphatic rings. The Bertz CT molecular complexity index is 1960. The summed E-state index contributed by atoms with van der Waals surface area (Å²) in [6.07, 6.45) is 3.24. The molecule has 0 unspecified atom stereocenters. The molecule has 52 heavy (non-hydrogen) atoms. The van der Waals surface area contributed by atoms with E-state index in [1.54, 1.807) is 10.9 Å². The maximum Gasteiger partial charge on any atom is 0.353 e. The van der Waals surface area contributed by atoms with Crippen molar-refractivity contribution in [2.45, 2.75) is 77.5 Å². The van der Waals surface area contributed by atoms with E-state index >= 15 is 0 Å². The van der Waals surface area contributed by atoms with Crippen LogP contribution in [-0.4, -0.2) is 89.3 Å². The number of hydrogen-bond donors (Lipinski definition) is 2. The van der Waals surface area contributed by atoms with Crippen molar-refractivity contribution in [1.29, 1.82) is 0 Å². The first kappa shape index (κ1) is 37.6. The zero-order valence-corrected chi connectivity index (χ0v) is 28.8. The predicted octanol–water partition coefficient (Wildman–Crippen LogP) is 3.76. The van der Waals surface area contributed by atoms with Crippen LogP contribution >= 0.6 is 11.3 Å². The Morgan fingerprint density at radius 3 is 2.38 bits per heavy atom. The van der Waals surface area contributed by atoms with Gasteiger partial charge in [0, 0.05) is 43.8 Å². The minimum absolute atomic E-state index is 0.0165. The topological polar surface area (TPSA) is 216 Å². The number of amides is 1. The van der Waals surface area contributed by atoms with E-state index in [9.17, 15) is 37.9 Å². The van der Waals surface area contributed by atoms with Crippen LogP contribution in [0.5, 0.6) is 0 Å². The summed E-state index contributed by atoms with van der Waals surface area (Å²) in [4.78, 5) is 68.5. The van der Waals surface area contributed by atoms with Crippen molar-refractivity contribution in [1.82, 2.24) is 29.5 Å². The van der Waals surface area contributed by atoms with E-state index in [4.69, 9.17) is 14.2 Å². The Hall–Kier alpha value is -5.63. The van der Waals surface area contributed by atoms with E-state index in [1.807, 2.05) is 6.92 Å². The van der Waals surface area contributed by atoms with E-state index in [0.29, 0.717) is 17.2 Å². The first-order valence-corrected chi connectivity index (χ1v) is 16.8. The van der Waals surface area contributed by atoms with Gasteiger partial charge in [-0.05, 0) is 44.7 Å². The molecule has 4 heterocycles. The van der Waals surface area contributed by atoms with Crippen LogP contribution in [0.15, 0.2) is 36.1 Å². The molecule has 17 nitrogen and oxygen atoms in total. The number of carboxylic acids is 1. The van der Waals surface area contributed by atoms with E-state index in [2.05, 4.69) is 30.2 Å². The second kappa shape index (κ2) is 16.6. The maximum absolute atomic E-state index is 14.9. The number of carbonyl (C=O) groups excluding carboxylic acids is 4. The first-order valence-electron chi connectivity index (χ1n) is 15.9. The molecule has 1 saturated carbocycles. The monoisotopic (exact) mass is 745 g/mol. The molecule has 2 N–H and O–H groups in total. The largest absolute Gasteiger partial charge is 0.478 e. The minimum atomic E-state index is -2.16. The van der Waals surface area contributed by atoms with E-state index in [-0.39, 0.29) is 34.9 Å². The Morgan fingerprint density at radius 1 is 1.00 bits per heavy atom. The molecule has 1 fully saturated rings. The number of halogens is 2. The molecule has 0 saturated heterocycles. The zero-order valence-electron chi connectivity index (χ0n) is 28.0. The molecule has 0 aromatic carbocycles. The second-order valence-electron chi connectivity index (χ2n) is 11.5. The maximum atomic E-state index is 14.9. The van der Waals surface area contributed by atoms with Crippen molar-refractivity contribution in [3.63, 3.8) is 0 Å².